The molecule has 0 spiro atoms. The van der Waals surface area contributed by atoms with Crippen molar-refractivity contribution in [2.24, 2.45) is 7.05 Å². The summed E-state index contributed by atoms with van der Waals surface area (Å²) < 4.78 is 12.3. The van der Waals surface area contributed by atoms with Gasteiger partial charge in [-0.3, -0.25) is 0 Å². The Morgan fingerprint density at radius 2 is 2.05 bits per heavy atom. The molecule has 20 heavy (non-hydrogen) atoms. The van der Waals surface area contributed by atoms with Crippen LogP contribution in [0.2, 0.25) is 0 Å². The molecule has 5 nitrogen and oxygen atoms in total. The van der Waals surface area contributed by atoms with Crippen LogP contribution < -0.4 is 14.8 Å². The number of rotatable bonds is 5. The van der Waals surface area contributed by atoms with Gasteiger partial charge in [-0.1, -0.05) is 0 Å². The van der Waals surface area contributed by atoms with Crippen LogP contribution >= 0.6 is 0 Å². The summed E-state index contributed by atoms with van der Waals surface area (Å²) >= 11 is 0. The number of benzene rings is 1. The maximum absolute atomic E-state index is 8.93. The Labute approximate surface area is 118 Å². The van der Waals surface area contributed by atoms with E-state index in [-0.39, 0.29) is 0 Å². The number of nitriles is 1. The Balaban J connectivity index is 2.12. The van der Waals surface area contributed by atoms with Gasteiger partial charge in [0.15, 0.2) is 0 Å². The van der Waals surface area contributed by atoms with Crippen LogP contribution in [0.15, 0.2) is 30.5 Å². The quantitative estimate of drug-likeness (QED) is 0.907. The summed E-state index contributed by atoms with van der Waals surface area (Å²) in [7, 11) is 5.10. The Morgan fingerprint density at radius 3 is 2.65 bits per heavy atom. The number of anilines is 1. The van der Waals surface area contributed by atoms with E-state index in [0.717, 1.165) is 22.7 Å². The van der Waals surface area contributed by atoms with Gasteiger partial charge < -0.3 is 19.4 Å². The molecule has 1 aromatic heterocycles. The summed E-state index contributed by atoms with van der Waals surface area (Å²) in [5, 5.41) is 12.2. The van der Waals surface area contributed by atoms with Crippen LogP contribution in [0.5, 0.6) is 11.5 Å². The first kappa shape index (κ1) is 13.8. The van der Waals surface area contributed by atoms with E-state index >= 15 is 0 Å². The Morgan fingerprint density at radius 1 is 1.25 bits per heavy atom. The van der Waals surface area contributed by atoms with Crippen molar-refractivity contribution < 1.29 is 9.47 Å². The maximum Gasteiger partial charge on any atom is 0.145 e. The summed E-state index contributed by atoms with van der Waals surface area (Å²) in [6, 6.07) is 9.62. The van der Waals surface area contributed by atoms with Crippen molar-refractivity contribution in [2.45, 2.75) is 6.54 Å². The third-order valence-electron chi connectivity index (χ3n) is 3.07. The number of nitrogens with one attached hydrogen (secondary N) is 1. The molecule has 0 saturated heterocycles. The van der Waals surface area contributed by atoms with Gasteiger partial charge in [0.05, 0.1) is 19.9 Å². The van der Waals surface area contributed by atoms with Gasteiger partial charge in [0, 0.05) is 25.9 Å². The Hall–Kier alpha value is -2.61. The zero-order valence-electron chi connectivity index (χ0n) is 11.8. The number of methoxy groups -OCH3 is 2. The third kappa shape index (κ3) is 2.86. The average Bonchev–Trinajstić information content (AvgIpc) is 2.85. The summed E-state index contributed by atoms with van der Waals surface area (Å²) in [4.78, 5) is 0. The van der Waals surface area contributed by atoms with E-state index in [1.807, 2.05) is 42.1 Å². The highest BCUT2D eigenvalue weighted by Gasteiger charge is 2.06. The smallest absolute Gasteiger partial charge is 0.145 e. The van der Waals surface area contributed by atoms with Crippen molar-refractivity contribution >= 4 is 5.69 Å². The summed E-state index contributed by atoms with van der Waals surface area (Å²) in [6.07, 6.45) is 1.93. The number of ether oxygens (including phenoxy) is 2. The average molecular weight is 271 g/mol. The molecule has 0 aliphatic heterocycles. The molecular formula is C15H17N3O2. The lowest BCUT2D eigenvalue weighted by atomic mass is 10.2. The van der Waals surface area contributed by atoms with Crippen LogP contribution in [0.25, 0.3) is 0 Å². The van der Waals surface area contributed by atoms with E-state index in [1.54, 1.807) is 14.2 Å². The topological polar surface area (TPSA) is 59.2 Å². The normalized spacial score (nSPS) is 9.90. The zero-order valence-corrected chi connectivity index (χ0v) is 11.8. The van der Waals surface area contributed by atoms with Gasteiger partial charge >= 0.3 is 0 Å². The minimum Gasteiger partial charge on any atom is -0.497 e. The van der Waals surface area contributed by atoms with Crippen LogP contribution in [0.3, 0.4) is 0 Å². The maximum atomic E-state index is 8.93. The highest BCUT2D eigenvalue weighted by atomic mass is 16.5. The second-order valence-corrected chi connectivity index (χ2v) is 4.38. The van der Waals surface area contributed by atoms with Gasteiger partial charge in [0.25, 0.3) is 0 Å². The minimum atomic E-state index is 0.623. The molecule has 2 aromatic rings. The fraction of sp³-hybridized carbons (Fsp3) is 0.267. The number of hydrogen-bond donors (Lipinski definition) is 1. The largest absolute Gasteiger partial charge is 0.497 e. The van der Waals surface area contributed by atoms with Crippen LogP contribution in [0, 0.1) is 11.3 Å². The predicted octanol–water partition coefficient (Wildman–Crippen LogP) is 2.53. The van der Waals surface area contributed by atoms with Gasteiger partial charge in [-0.05, 0) is 23.8 Å². The highest BCUT2D eigenvalue weighted by molar-refractivity contribution is 5.59. The van der Waals surface area contributed by atoms with Crippen LogP contribution in [0.1, 0.15) is 11.3 Å². The molecule has 0 fully saturated rings. The molecule has 0 radical (unpaired) electrons. The first-order chi connectivity index (χ1) is 9.67. The SMILES string of the molecule is COc1ccc(NCc2cc(C#N)n(C)c2)c(OC)c1. The van der Waals surface area contributed by atoms with Gasteiger partial charge in [-0.15, -0.1) is 0 Å². The Kier molecular flexibility index (Phi) is 4.16. The lowest BCUT2D eigenvalue weighted by molar-refractivity contribution is 0.395. The monoisotopic (exact) mass is 271 g/mol. The van der Waals surface area contributed by atoms with Crippen molar-refractivity contribution in [1.29, 1.82) is 5.26 Å². The van der Waals surface area contributed by atoms with Crippen molar-refractivity contribution in [2.75, 3.05) is 19.5 Å². The Bertz CT molecular complexity index is 641. The second kappa shape index (κ2) is 6.02. The molecule has 1 N–H and O–H groups in total. The molecule has 1 heterocycles. The van der Waals surface area contributed by atoms with Crippen molar-refractivity contribution in [3.8, 4) is 17.6 Å². The molecule has 1 aromatic carbocycles. The van der Waals surface area contributed by atoms with Crippen molar-refractivity contribution in [3.05, 3.63) is 41.7 Å². The van der Waals surface area contributed by atoms with Gasteiger partial charge in [-0.25, -0.2) is 0 Å². The summed E-state index contributed by atoms with van der Waals surface area (Å²) in [5.74, 6) is 1.47. The summed E-state index contributed by atoms with van der Waals surface area (Å²) in [6.45, 7) is 0.623. The first-order valence-electron chi connectivity index (χ1n) is 6.19. The molecule has 104 valence electrons. The molecule has 0 saturated carbocycles. The first-order valence-corrected chi connectivity index (χ1v) is 6.19. The van der Waals surface area contributed by atoms with E-state index in [2.05, 4.69) is 11.4 Å². The second-order valence-electron chi connectivity index (χ2n) is 4.38. The molecular weight excluding hydrogens is 254 g/mol. The summed E-state index contributed by atoms with van der Waals surface area (Å²) in [5.41, 5.74) is 2.57. The van der Waals surface area contributed by atoms with Gasteiger partial charge in [0.1, 0.15) is 23.3 Å². The molecule has 5 heteroatoms. The molecule has 0 amide bonds. The number of aryl methyl sites for hydroxylation is 1. The van der Waals surface area contributed by atoms with Crippen LogP contribution in [0.4, 0.5) is 5.69 Å². The zero-order chi connectivity index (χ0) is 14.5. The fourth-order valence-corrected chi connectivity index (χ4v) is 1.98. The molecule has 0 unspecified atom stereocenters. The highest BCUT2D eigenvalue weighted by Crippen LogP contribution is 2.29. The molecule has 0 aliphatic rings. The number of nitrogens with zero attached hydrogens (tertiary/aromatic N) is 2. The third-order valence-corrected chi connectivity index (χ3v) is 3.07. The standard InChI is InChI=1S/C15H17N3O2/c1-18-10-11(6-12(18)8-16)9-17-14-5-4-13(19-2)7-15(14)20-3/h4-7,10,17H,9H2,1-3H3. The van der Waals surface area contributed by atoms with E-state index in [1.165, 1.54) is 0 Å². The van der Waals surface area contributed by atoms with Crippen LogP contribution in [-0.4, -0.2) is 18.8 Å². The number of hydrogen-bond acceptors (Lipinski definition) is 4. The molecule has 0 bridgehead atoms. The van der Waals surface area contributed by atoms with E-state index < -0.39 is 0 Å². The molecule has 0 atom stereocenters. The number of aromatic nitrogens is 1. The minimum absolute atomic E-state index is 0.623. The van der Waals surface area contributed by atoms with Crippen LogP contribution in [-0.2, 0) is 13.6 Å². The van der Waals surface area contributed by atoms with Gasteiger partial charge in [0.2, 0.25) is 0 Å². The predicted molar refractivity (Wildman–Crippen MR) is 77.0 cm³/mol. The van der Waals surface area contributed by atoms with Crippen molar-refractivity contribution in [3.63, 3.8) is 0 Å². The lowest BCUT2D eigenvalue weighted by Gasteiger charge is -2.11. The lowest BCUT2D eigenvalue weighted by Crippen LogP contribution is -2.01. The van der Waals surface area contributed by atoms with E-state index in [0.29, 0.717) is 12.2 Å². The molecule has 2 rings (SSSR count). The molecule has 0 aliphatic carbocycles. The van der Waals surface area contributed by atoms with E-state index in [4.69, 9.17) is 14.7 Å². The van der Waals surface area contributed by atoms with Crippen molar-refractivity contribution in [1.82, 2.24) is 4.57 Å². The fourth-order valence-electron chi connectivity index (χ4n) is 1.98. The van der Waals surface area contributed by atoms with E-state index in [9.17, 15) is 0 Å². The van der Waals surface area contributed by atoms with Gasteiger partial charge in [-0.2, -0.15) is 5.26 Å².